The quantitative estimate of drug-likeness (QED) is 0.851. The summed E-state index contributed by atoms with van der Waals surface area (Å²) in [5, 5.41) is 12.7. The number of rotatable bonds is 3. The summed E-state index contributed by atoms with van der Waals surface area (Å²) >= 11 is 0. The van der Waals surface area contributed by atoms with Gasteiger partial charge in [0.25, 0.3) is 5.56 Å². The molecule has 1 fully saturated rings. The van der Waals surface area contributed by atoms with Crippen LogP contribution in [0.5, 0.6) is 0 Å². The Labute approximate surface area is 134 Å². The lowest BCUT2D eigenvalue weighted by atomic mass is 10.1. The number of carboxylic acid groups (broad SMARTS) is 1. The van der Waals surface area contributed by atoms with Crippen molar-refractivity contribution in [1.29, 1.82) is 0 Å². The fourth-order valence-electron chi connectivity index (χ4n) is 3.21. The van der Waals surface area contributed by atoms with Crippen LogP contribution in [0, 0.1) is 6.92 Å². The summed E-state index contributed by atoms with van der Waals surface area (Å²) in [4.78, 5) is 28.6. The van der Waals surface area contributed by atoms with Gasteiger partial charge in [-0.3, -0.25) is 9.20 Å². The zero-order valence-electron chi connectivity index (χ0n) is 13.2. The van der Waals surface area contributed by atoms with Crippen molar-refractivity contribution >= 4 is 17.4 Å². The van der Waals surface area contributed by atoms with E-state index in [1.54, 1.807) is 12.3 Å². The van der Waals surface area contributed by atoms with Gasteiger partial charge in [-0.05, 0) is 31.4 Å². The van der Waals surface area contributed by atoms with E-state index in [1.165, 1.54) is 17.2 Å². The number of anilines is 1. The lowest BCUT2D eigenvalue weighted by molar-refractivity contribution is 0.0695. The second-order valence-corrected chi connectivity index (χ2v) is 6.16. The van der Waals surface area contributed by atoms with Crippen molar-refractivity contribution in [3.8, 4) is 0 Å². The average molecular weight is 315 g/mol. The highest BCUT2D eigenvalue weighted by atomic mass is 16.4. The SMILES string of the molecule is Cc1cccn2c(=O)c(C(=O)O)c(NC3CCCCCC3)nc12. The van der Waals surface area contributed by atoms with Gasteiger partial charge in [-0.1, -0.05) is 31.7 Å². The molecule has 2 heterocycles. The minimum atomic E-state index is -1.24. The van der Waals surface area contributed by atoms with Gasteiger partial charge in [-0.15, -0.1) is 0 Å². The van der Waals surface area contributed by atoms with Gasteiger partial charge in [0.15, 0.2) is 5.56 Å². The van der Waals surface area contributed by atoms with Gasteiger partial charge in [-0.2, -0.15) is 0 Å². The van der Waals surface area contributed by atoms with Crippen LogP contribution in [0.4, 0.5) is 5.82 Å². The van der Waals surface area contributed by atoms with E-state index >= 15 is 0 Å². The molecule has 0 bridgehead atoms. The van der Waals surface area contributed by atoms with Gasteiger partial charge < -0.3 is 10.4 Å². The molecule has 0 unspecified atom stereocenters. The largest absolute Gasteiger partial charge is 0.477 e. The fraction of sp³-hybridized carbons (Fsp3) is 0.471. The van der Waals surface area contributed by atoms with Crippen molar-refractivity contribution in [2.75, 3.05) is 5.32 Å². The summed E-state index contributed by atoms with van der Waals surface area (Å²) in [6.07, 6.45) is 8.16. The molecule has 1 saturated carbocycles. The first-order valence-corrected chi connectivity index (χ1v) is 8.09. The molecule has 0 amide bonds. The summed E-state index contributed by atoms with van der Waals surface area (Å²) in [7, 11) is 0. The third-order valence-corrected chi connectivity index (χ3v) is 4.46. The van der Waals surface area contributed by atoms with Crippen LogP contribution < -0.4 is 10.9 Å². The predicted octanol–water partition coefficient (Wildman–Crippen LogP) is 2.84. The number of carbonyl (C=O) groups is 1. The van der Waals surface area contributed by atoms with Gasteiger partial charge in [-0.25, -0.2) is 9.78 Å². The summed E-state index contributed by atoms with van der Waals surface area (Å²) in [6.45, 7) is 1.86. The number of hydrogen-bond acceptors (Lipinski definition) is 4. The first-order valence-electron chi connectivity index (χ1n) is 8.09. The Morgan fingerprint density at radius 2 is 2.00 bits per heavy atom. The Kier molecular flexibility index (Phi) is 4.32. The Balaban J connectivity index is 2.10. The lowest BCUT2D eigenvalue weighted by Crippen LogP contribution is -2.29. The molecular formula is C17H21N3O3. The summed E-state index contributed by atoms with van der Waals surface area (Å²) < 4.78 is 1.30. The number of carboxylic acids is 1. The van der Waals surface area contributed by atoms with Crippen molar-refractivity contribution in [3.63, 3.8) is 0 Å². The molecule has 0 aromatic carbocycles. The molecule has 0 radical (unpaired) electrons. The van der Waals surface area contributed by atoms with Crippen LogP contribution in [0.15, 0.2) is 23.1 Å². The number of hydrogen-bond donors (Lipinski definition) is 2. The predicted molar refractivity (Wildman–Crippen MR) is 88.3 cm³/mol. The molecule has 2 aromatic rings. The molecule has 6 heteroatoms. The maximum Gasteiger partial charge on any atom is 0.345 e. The van der Waals surface area contributed by atoms with E-state index in [1.807, 2.05) is 13.0 Å². The van der Waals surface area contributed by atoms with Gasteiger partial charge >= 0.3 is 5.97 Å². The Morgan fingerprint density at radius 3 is 2.65 bits per heavy atom. The first kappa shape index (κ1) is 15.5. The lowest BCUT2D eigenvalue weighted by Gasteiger charge is -2.18. The van der Waals surface area contributed by atoms with E-state index in [9.17, 15) is 14.7 Å². The second-order valence-electron chi connectivity index (χ2n) is 6.16. The van der Waals surface area contributed by atoms with Crippen molar-refractivity contribution in [2.45, 2.75) is 51.5 Å². The fourth-order valence-corrected chi connectivity index (χ4v) is 3.21. The molecular weight excluding hydrogens is 294 g/mol. The van der Waals surface area contributed by atoms with E-state index in [4.69, 9.17) is 0 Å². The molecule has 0 aliphatic heterocycles. The maximum absolute atomic E-state index is 12.6. The zero-order valence-corrected chi connectivity index (χ0v) is 13.2. The minimum Gasteiger partial charge on any atom is -0.477 e. The van der Waals surface area contributed by atoms with E-state index < -0.39 is 11.5 Å². The topological polar surface area (TPSA) is 83.7 Å². The Bertz CT molecular complexity index is 790. The third-order valence-electron chi connectivity index (χ3n) is 4.46. The van der Waals surface area contributed by atoms with Crippen LogP contribution in [0.1, 0.15) is 54.4 Å². The molecule has 2 aromatic heterocycles. The minimum absolute atomic E-state index is 0.175. The van der Waals surface area contributed by atoms with E-state index in [0.717, 1.165) is 31.2 Å². The molecule has 6 nitrogen and oxygen atoms in total. The van der Waals surface area contributed by atoms with Crippen LogP contribution in [0.25, 0.3) is 5.65 Å². The number of aryl methyl sites for hydroxylation is 1. The van der Waals surface area contributed by atoms with Gasteiger partial charge in [0, 0.05) is 12.2 Å². The molecule has 0 atom stereocenters. The van der Waals surface area contributed by atoms with E-state index in [-0.39, 0.29) is 17.4 Å². The molecule has 3 rings (SSSR count). The molecule has 2 N–H and O–H groups in total. The Hall–Kier alpha value is -2.37. The highest BCUT2D eigenvalue weighted by Gasteiger charge is 2.22. The number of nitrogens with zero attached hydrogens (tertiary/aromatic N) is 2. The number of aromatic nitrogens is 2. The molecule has 1 aliphatic rings. The van der Waals surface area contributed by atoms with Gasteiger partial charge in [0.1, 0.15) is 11.5 Å². The van der Waals surface area contributed by atoms with Crippen LogP contribution in [0.2, 0.25) is 0 Å². The molecule has 23 heavy (non-hydrogen) atoms. The number of fused-ring (bicyclic) bond motifs is 1. The summed E-state index contributed by atoms with van der Waals surface area (Å²) in [5.41, 5.74) is 0.517. The van der Waals surface area contributed by atoms with Crippen molar-refractivity contribution in [3.05, 3.63) is 39.8 Å². The van der Waals surface area contributed by atoms with Crippen molar-refractivity contribution < 1.29 is 9.90 Å². The van der Waals surface area contributed by atoms with Crippen LogP contribution in [0.3, 0.4) is 0 Å². The monoisotopic (exact) mass is 315 g/mol. The van der Waals surface area contributed by atoms with Crippen LogP contribution >= 0.6 is 0 Å². The number of pyridine rings is 1. The molecule has 122 valence electrons. The Morgan fingerprint density at radius 1 is 1.30 bits per heavy atom. The normalized spacial score (nSPS) is 16.2. The summed E-state index contributed by atoms with van der Waals surface area (Å²) in [5.74, 6) is -1.04. The van der Waals surface area contributed by atoms with E-state index in [0.29, 0.717) is 5.65 Å². The summed E-state index contributed by atoms with van der Waals surface area (Å²) in [6, 6.07) is 3.75. The van der Waals surface area contributed by atoms with Crippen LogP contribution in [-0.4, -0.2) is 26.5 Å². The van der Waals surface area contributed by atoms with Crippen molar-refractivity contribution in [1.82, 2.24) is 9.38 Å². The zero-order chi connectivity index (χ0) is 16.4. The number of aromatic carboxylic acids is 1. The molecule has 1 aliphatic carbocycles. The van der Waals surface area contributed by atoms with Crippen molar-refractivity contribution in [2.24, 2.45) is 0 Å². The molecule has 0 saturated heterocycles. The smallest absolute Gasteiger partial charge is 0.345 e. The number of nitrogens with one attached hydrogen (secondary N) is 1. The van der Waals surface area contributed by atoms with E-state index in [2.05, 4.69) is 10.3 Å². The molecule has 0 spiro atoms. The third kappa shape index (κ3) is 3.06. The van der Waals surface area contributed by atoms with Gasteiger partial charge in [0.05, 0.1) is 0 Å². The highest BCUT2D eigenvalue weighted by molar-refractivity contribution is 5.93. The van der Waals surface area contributed by atoms with Crippen LogP contribution in [-0.2, 0) is 0 Å². The highest BCUT2D eigenvalue weighted by Crippen LogP contribution is 2.22. The first-order chi connectivity index (χ1) is 11.1. The standard InChI is InChI=1S/C17H21N3O3/c1-11-7-6-10-20-15(11)19-14(13(16(20)21)17(22)23)18-12-8-4-2-3-5-9-12/h6-7,10,12,18H,2-5,8-9H2,1H3,(H,22,23). The maximum atomic E-state index is 12.6. The average Bonchev–Trinajstić information content (AvgIpc) is 2.77. The second kappa shape index (κ2) is 6.40. The van der Waals surface area contributed by atoms with Gasteiger partial charge in [0.2, 0.25) is 0 Å².